The van der Waals surface area contributed by atoms with Crippen LogP contribution in [-0.2, 0) is 6.54 Å². The number of fused-ring (bicyclic) bond motifs is 1. The van der Waals surface area contributed by atoms with E-state index in [9.17, 15) is 4.39 Å². The molecule has 2 aromatic heterocycles. The summed E-state index contributed by atoms with van der Waals surface area (Å²) in [6.45, 7) is 5.66. The molecule has 0 radical (unpaired) electrons. The first-order chi connectivity index (χ1) is 18.5. The van der Waals surface area contributed by atoms with Gasteiger partial charge in [0.05, 0.1) is 17.1 Å². The normalized spacial score (nSPS) is 12.0. The van der Waals surface area contributed by atoms with Gasteiger partial charge in [0.25, 0.3) is 0 Å². The number of benzene rings is 2. The molecular formula is C30H28ClFN4O2. The van der Waals surface area contributed by atoms with Crippen LogP contribution in [0.5, 0.6) is 5.75 Å². The van der Waals surface area contributed by atoms with Crippen molar-refractivity contribution < 1.29 is 13.5 Å². The van der Waals surface area contributed by atoms with Crippen LogP contribution in [0.4, 0.5) is 15.9 Å². The van der Waals surface area contributed by atoms with E-state index in [1.54, 1.807) is 25.1 Å². The second-order valence-corrected chi connectivity index (χ2v) is 8.86. The Hall–Kier alpha value is -4.12. The van der Waals surface area contributed by atoms with Crippen molar-refractivity contribution in [2.24, 2.45) is 0 Å². The molecule has 0 atom stereocenters. The second kappa shape index (κ2) is 12.9. The van der Waals surface area contributed by atoms with Crippen LogP contribution in [-0.4, -0.2) is 23.1 Å². The quantitative estimate of drug-likeness (QED) is 0.118. The number of hydrogen-bond acceptors (Lipinski definition) is 6. The van der Waals surface area contributed by atoms with Crippen LogP contribution in [0.25, 0.3) is 22.2 Å². The van der Waals surface area contributed by atoms with E-state index < -0.39 is 5.83 Å². The monoisotopic (exact) mass is 530 g/mol. The standard InChI is InChI=1S/C30H28ClFN4O2/c1-4-13-33-17-24-9-12-28(38-24)21-7-10-27-25(15-21)30(35-19-34-27)36-23-8-11-29(26(31)16-23)37-18-20(5-2)14-22(32)6-3/h3,5,7-12,14-16,19,33H,4,13,17-18H2,1-2H3,(H,34,35,36)/b20-5+,22-14+. The minimum absolute atomic E-state index is 0.126. The molecule has 194 valence electrons. The highest BCUT2D eigenvalue weighted by atomic mass is 35.5. The molecule has 0 aliphatic heterocycles. The average Bonchev–Trinajstić information content (AvgIpc) is 3.41. The van der Waals surface area contributed by atoms with E-state index in [1.807, 2.05) is 42.3 Å². The summed E-state index contributed by atoms with van der Waals surface area (Å²) in [7, 11) is 0. The molecule has 38 heavy (non-hydrogen) atoms. The Labute approximate surface area is 226 Å². The van der Waals surface area contributed by atoms with Crippen LogP contribution in [0.2, 0.25) is 5.02 Å². The van der Waals surface area contributed by atoms with Crippen molar-refractivity contribution in [1.29, 1.82) is 0 Å². The first-order valence-corrected chi connectivity index (χ1v) is 12.6. The largest absolute Gasteiger partial charge is 0.487 e. The van der Waals surface area contributed by atoms with E-state index in [-0.39, 0.29) is 6.61 Å². The fraction of sp³-hybridized carbons (Fsp3) is 0.200. The maximum Gasteiger partial charge on any atom is 0.173 e. The van der Waals surface area contributed by atoms with Crippen molar-refractivity contribution in [3.05, 3.63) is 89.2 Å². The van der Waals surface area contributed by atoms with Crippen LogP contribution in [0.15, 0.2) is 82.8 Å². The van der Waals surface area contributed by atoms with Gasteiger partial charge in [-0.05, 0) is 86.0 Å². The van der Waals surface area contributed by atoms with Crippen molar-refractivity contribution in [2.75, 3.05) is 18.5 Å². The molecular weight excluding hydrogens is 503 g/mol. The number of aromatic nitrogens is 2. The highest BCUT2D eigenvalue weighted by Crippen LogP contribution is 2.32. The number of nitrogens with zero attached hydrogens (tertiary/aromatic N) is 2. The molecule has 0 spiro atoms. The van der Waals surface area contributed by atoms with E-state index in [0.29, 0.717) is 28.7 Å². The molecule has 0 fully saturated rings. The zero-order chi connectivity index (χ0) is 26.9. The third-order valence-electron chi connectivity index (χ3n) is 5.72. The summed E-state index contributed by atoms with van der Waals surface area (Å²) in [5.41, 5.74) is 3.04. The molecule has 0 bridgehead atoms. The van der Waals surface area contributed by atoms with Gasteiger partial charge < -0.3 is 19.8 Å². The number of anilines is 2. The van der Waals surface area contributed by atoms with Gasteiger partial charge >= 0.3 is 0 Å². The van der Waals surface area contributed by atoms with Gasteiger partial charge in [-0.2, -0.15) is 4.39 Å². The first-order valence-electron chi connectivity index (χ1n) is 12.2. The molecule has 4 rings (SSSR count). The van der Waals surface area contributed by atoms with Crippen LogP contribution in [0.1, 0.15) is 26.0 Å². The number of rotatable bonds is 11. The minimum Gasteiger partial charge on any atom is -0.487 e. The maximum atomic E-state index is 13.4. The summed E-state index contributed by atoms with van der Waals surface area (Å²) < 4.78 is 25.2. The highest BCUT2D eigenvalue weighted by Gasteiger charge is 2.11. The van der Waals surface area contributed by atoms with Crippen molar-refractivity contribution in [2.45, 2.75) is 26.8 Å². The molecule has 0 aliphatic rings. The molecule has 0 amide bonds. The highest BCUT2D eigenvalue weighted by molar-refractivity contribution is 6.32. The van der Waals surface area contributed by atoms with Crippen LogP contribution in [0.3, 0.4) is 0 Å². The van der Waals surface area contributed by atoms with E-state index in [0.717, 1.165) is 46.6 Å². The van der Waals surface area contributed by atoms with E-state index in [1.165, 1.54) is 12.4 Å². The lowest BCUT2D eigenvalue weighted by Crippen LogP contribution is -2.12. The van der Waals surface area contributed by atoms with Gasteiger partial charge in [0.15, 0.2) is 5.83 Å². The van der Waals surface area contributed by atoms with Gasteiger partial charge in [-0.1, -0.05) is 24.6 Å². The Kier molecular flexibility index (Phi) is 9.15. The molecule has 6 nitrogen and oxygen atoms in total. The summed E-state index contributed by atoms with van der Waals surface area (Å²) in [5.74, 6) is 4.03. The number of nitrogens with one attached hydrogen (secondary N) is 2. The summed E-state index contributed by atoms with van der Waals surface area (Å²) >= 11 is 6.47. The fourth-order valence-corrected chi connectivity index (χ4v) is 3.97. The summed E-state index contributed by atoms with van der Waals surface area (Å²) in [4.78, 5) is 8.84. The van der Waals surface area contributed by atoms with E-state index >= 15 is 0 Å². The lowest BCUT2D eigenvalue weighted by atomic mass is 10.1. The zero-order valence-electron chi connectivity index (χ0n) is 21.2. The second-order valence-electron chi connectivity index (χ2n) is 8.46. The lowest BCUT2D eigenvalue weighted by Gasteiger charge is -2.12. The van der Waals surface area contributed by atoms with E-state index in [4.69, 9.17) is 27.2 Å². The Morgan fingerprint density at radius 3 is 2.82 bits per heavy atom. The molecule has 0 saturated heterocycles. The van der Waals surface area contributed by atoms with Gasteiger partial charge in [0, 0.05) is 16.6 Å². The minimum atomic E-state index is -0.663. The number of furan rings is 1. The molecule has 2 aromatic carbocycles. The zero-order valence-corrected chi connectivity index (χ0v) is 22.0. The van der Waals surface area contributed by atoms with Crippen LogP contribution < -0.4 is 15.4 Å². The number of hydrogen-bond donors (Lipinski definition) is 2. The van der Waals surface area contributed by atoms with Gasteiger partial charge in [-0.25, -0.2) is 9.97 Å². The van der Waals surface area contributed by atoms with Crippen molar-refractivity contribution >= 4 is 34.0 Å². The SMILES string of the molecule is C#C/C(F)=C\C(=C/C)COc1ccc(Nc2ncnc3ccc(-c4ccc(CNCCC)o4)cc23)cc1Cl. The average molecular weight is 531 g/mol. The first kappa shape index (κ1) is 26.9. The number of terminal acetylenes is 1. The predicted molar refractivity (Wildman–Crippen MR) is 151 cm³/mol. The molecule has 4 aromatic rings. The van der Waals surface area contributed by atoms with Crippen LogP contribution in [0, 0.1) is 12.3 Å². The fourth-order valence-electron chi connectivity index (χ4n) is 3.73. The van der Waals surface area contributed by atoms with Crippen molar-refractivity contribution in [3.63, 3.8) is 0 Å². The molecule has 2 N–H and O–H groups in total. The predicted octanol–water partition coefficient (Wildman–Crippen LogP) is 7.60. The summed E-state index contributed by atoms with van der Waals surface area (Å²) in [5, 5.41) is 7.90. The lowest BCUT2D eigenvalue weighted by molar-refractivity contribution is 0.355. The Morgan fingerprint density at radius 1 is 1.18 bits per heavy atom. The third kappa shape index (κ3) is 6.80. The number of halogens is 2. The van der Waals surface area contributed by atoms with Gasteiger partial charge in [0.1, 0.15) is 36.0 Å². The van der Waals surface area contributed by atoms with Gasteiger partial charge in [-0.15, -0.1) is 6.42 Å². The molecule has 8 heteroatoms. The molecule has 0 saturated carbocycles. The smallest absolute Gasteiger partial charge is 0.173 e. The number of ether oxygens (including phenoxy) is 1. The summed E-state index contributed by atoms with van der Waals surface area (Å²) in [6, 6.07) is 15.2. The summed E-state index contributed by atoms with van der Waals surface area (Å²) in [6.07, 6.45) is 10.6. The third-order valence-corrected chi connectivity index (χ3v) is 6.01. The maximum absolute atomic E-state index is 13.4. The van der Waals surface area contributed by atoms with Crippen molar-refractivity contribution in [3.8, 4) is 29.4 Å². The Bertz CT molecular complexity index is 1520. The molecule has 0 aliphatic carbocycles. The molecule has 2 heterocycles. The van der Waals surface area contributed by atoms with Gasteiger partial charge in [-0.3, -0.25) is 0 Å². The van der Waals surface area contributed by atoms with Gasteiger partial charge in [0.2, 0.25) is 0 Å². The van der Waals surface area contributed by atoms with Crippen LogP contribution >= 0.6 is 11.6 Å². The Balaban J connectivity index is 1.51. The number of allylic oxidation sites excluding steroid dienone is 2. The van der Waals surface area contributed by atoms with E-state index in [2.05, 4.69) is 27.5 Å². The Morgan fingerprint density at radius 2 is 2.05 bits per heavy atom. The topological polar surface area (TPSA) is 72.2 Å². The molecule has 0 unspecified atom stereocenters. The van der Waals surface area contributed by atoms with Crippen molar-refractivity contribution in [1.82, 2.24) is 15.3 Å².